The molecular formula is C12H23ClN2O. The number of rotatable bonds is 2. The molecule has 0 radical (unpaired) electrons. The fourth-order valence-electron chi connectivity index (χ4n) is 2.66. The number of nitrogens with one attached hydrogen (secondary N) is 2. The molecule has 1 amide bonds. The van der Waals surface area contributed by atoms with Gasteiger partial charge in [0, 0.05) is 6.04 Å². The Bertz CT molecular complexity index is 233. The van der Waals surface area contributed by atoms with Gasteiger partial charge in [-0.1, -0.05) is 12.8 Å². The van der Waals surface area contributed by atoms with Gasteiger partial charge >= 0.3 is 0 Å². The highest BCUT2D eigenvalue weighted by Crippen LogP contribution is 2.22. The van der Waals surface area contributed by atoms with E-state index in [1.807, 2.05) is 6.92 Å². The van der Waals surface area contributed by atoms with Gasteiger partial charge in [-0.2, -0.15) is 0 Å². The molecule has 1 saturated heterocycles. The lowest BCUT2D eigenvalue weighted by Crippen LogP contribution is -2.58. The van der Waals surface area contributed by atoms with Crippen LogP contribution in [0.5, 0.6) is 0 Å². The zero-order valence-corrected chi connectivity index (χ0v) is 10.9. The molecule has 1 aliphatic heterocycles. The van der Waals surface area contributed by atoms with Crippen LogP contribution in [0, 0.1) is 0 Å². The first-order chi connectivity index (χ1) is 7.21. The van der Waals surface area contributed by atoms with Crippen molar-refractivity contribution < 1.29 is 4.79 Å². The molecular weight excluding hydrogens is 224 g/mol. The van der Waals surface area contributed by atoms with Crippen LogP contribution >= 0.6 is 12.4 Å². The fraction of sp³-hybridized carbons (Fsp3) is 0.917. The van der Waals surface area contributed by atoms with Gasteiger partial charge in [-0.15, -0.1) is 12.4 Å². The number of carbonyl (C=O) groups excluding carboxylic acids is 1. The quantitative estimate of drug-likeness (QED) is 0.783. The Labute approximate surface area is 104 Å². The van der Waals surface area contributed by atoms with Crippen molar-refractivity contribution in [1.82, 2.24) is 10.6 Å². The summed E-state index contributed by atoms with van der Waals surface area (Å²) in [5.74, 6) is 0.217. The monoisotopic (exact) mass is 246 g/mol. The second-order valence-corrected chi connectivity index (χ2v) is 5.17. The van der Waals surface area contributed by atoms with Gasteiger partial charge in [-0.05, 0) is 45.6 Å². The molecule has 1 saturated carbocycles. The van der Waals surface area contributed by atoms with Gasteiger partial charge < -0.3 is 10.6 Å². The zero-order chi connectivity index (χ0) is 10.7. The smallest absolute Gasteiger partial charge is 0.240 e. The summed E-state index contributed by atoms with van der Waals surface area (Å²) in [6.45, 7) is 3.02. The number of hydrogen-bond donors (Lipinski definition) is 2. The molecule has 16 heavy (non-hydrogen) atoms. The summed E-state index contributed by atoms with van der Waals surface area (Å²) >= 11 is 0. The first-order valence-corrected chi connectivity index (χ1v) is 6.27. The Hall–Kier alpha value is -0.280. The minimum absolute atomic E-state index is 0. The fourth-order valence-corrected chi connectivity index (χ4v) is 2.66. The minimum atomic E-state index is -0.305. The second kappa shape index (κ2) is 5.87. The maximum Gasteiger partial charge on any atom is 0.240 e. The van der Waals surface area contributed by atoms with Crippen LogP contribution in [0.3, 0.4) is 0 Å². The van der Waals surface area contributed by atoms with E-state index in [0.717, 1.165) is 13.0 Å². The molecule has 2 aliphatic rings. The molecule has 1 heterocycles. The van der Waals surface area contributed by atoms with Crippen molar-refractivity contribution in [1.29, 1.82) is 0 Å². The van der Waals surface area contributed by atoms with E-state index in [2.05, 4.69) is 10.6 Å². The summed E-state index contributed by atoms with van der Waals surface area (Å²) in [6.07, 6.45) is 8.23. The van der Waals surface area contributed by atoms with Crippen molar-refractivity contribution in [3.05, 3.63) is 0 Å². The van der Waals surface area contributed by atoms with Crippen LogP contribution in [0.4, 0.5) is 0 Å². The van der Waals surface area contributed by atoms with Crippen molar-refractivity contribution in [2.24, 2.45) is 0 Å². The predicted molar refractivity (Wildman–Crippen MR) is 67.9 cm³/mol. The predicted octanol–water partition coefficient (Wildman–Crippen LogP) is 2.00. The Morgan fingerprint density at radius 3 is 2.50 bits per heavy atom. The first-order valence-electron chi connectivity index (χ1n) is 6.27. The molecule has 2 N–H and O–H groups in total. The van der Waals surface area contributed by atoms with Crippen molar-refractivity contribution in [2.75, 3.05) is 6.54 Å². The largest absolute Gasteiger partial charge is 0.352 e. The van der Waals surface area contributed by atoms with Crippen LogP contribution in [-0.2, 0) is 4.79 Å². The Morgan fingerprint density at radius 1 is 1.25 bits per heavy atom. The Morgan fingerprint density at radius 2 is 1.94 bits per heavy atom. The third kappa shape index (κ3) is 3.11. The molecule has 2 fully saturated rings. The van der Waals surface area contributed by atoms with Gasteiger partial charge in [0.2, 0.25) is 5.91 Å². The van der Waals surface area contributed by atoms with Gasteiger partial charge in [0.05, 0.1) is 5.54 Å². The highest BCUT2D eigenvalue weighted by Gasteiger charge is 2.35. The van der Waals surface area contributed by atoms with Crippen LogP contribution in [0.25, 0.3) is 0 Å². The van der Waals surface area contributed by atoms with E-state index in [4.69, 9.17) is 0 Å². The highest BCUT2D eigenvalue weighted by atomic mass is 35.5. The average Bonchev–Trinajstić information content (AvgIpc) is 2.71. The van der Waals surface area contributed by atoms with E-state index in [9.17, 15) is 4.79 Å². The van der Waals surface area contributed by atoms with Gasteiger partial charge in [0.25, 0.3) is 0 Å². The summed E-state index contributed by atoms with van der Waals surface area (Å²) in [7, 11) is 0. The van der Waals surface area contributed by atoms with E-state index in [1.165, 1.54) is 38.5 Å². The lowest BCUT2D eigenvalue weighted by Gasteiger charge is -2.34. The molecule has 1 unspecified atom stereocenters. The molecule has 1 atom stereocenters. The molecule has 2 rings (SSSR count). The maximum atomic E-state index is 12.1. The average molecular weight is 247 g/mol. The molecule has 1 aliphatic carbocycles. The van der Waals surface area contributed by atoms with E-state index >= 15 is 0 Å². The molecule has 3 nitrogen and oxygen atoms in total. The number of piperidine rings is 1. The topological polar surface area (TPSA) is 41.1 Å². The van der Waals surface area contributed by atoms with Crippen LogP contribution < -0.4 is 10.6 Å². The third-order valence-corrected chi connectivity index (χ3v) is 3.81. The standard InChI is InChI=1S/C12H22N2O.ClH/c1-12(8-4-5-9-13-12)11(15)14-10-6-2-3-7-10;/h10,13H,2-9H2,1H3,(H,14,15);1H. The molecule has 0 bridgehead atoms. The van der Waals surface area contributed by atoms with Crippen molar-refractivity contribution in [3.63, 3.8) is 0 Å². The maximum absolute atomic E-state index is 12.1. The molecule has 0 aromatic carbocycles. The van der Waals surface area contributed by atoms with E-state index in [1.54, 1.807) is 0 Å². The first kappa shape index (κ1) is 13.8. The molecule has 4 heteroatoms. The van der Waals surface area contributed by atoms with Gasteiger partial charge in [0.1, 0.15) is 0 Å². The molecule has 0 aromatic rings. The van der Waals surface area contributed by atoms with Crippen molar-refractivity contribution in [3.8, 4) is 0 Å². The van der Waals surface area contributed by atoms with Gasteiger partial charge in [0.15, 0.2) is 0 Å². The van der Waals surface area contributed by atoms with Crippen molar-refractivity contribution >= 4 is 18.3 Å². The summed E-state index contributed by atoms with van der Waals surface area (Å²) in [6, 6.07) is 0.443. The second-order valence-electron chi connectivity index (χ2n) is 5.17. The van der Waals surface area contributed by atoms with E-state index in [-0.39, 0.29) is 23.9 Å². The molecule has 94 valence electrons. The van der Waals surface area contributed by atoms with E-state index < -0.39 is 0 Å². The third-order valence-electron chi connectivity index (χ3n) is 3.81. The lowest BCUT2D eigenvalue weighted by atomic mass is 9.90. The Balaban J connectivity index is 0.00000128. The number of hydrogen-bond acceptors (Lipinski definition) is 2. The van der Waals surface area contributed by atoms with E-state index in [0.29, 0.717) is 6.04 Å². The van der Waals surface area contributed by atoms with Gasteiger partial charge in [-0.3, -0.25) is 4.79 Å². The SMILES string of the molecule is CC1(C(=O)NC2CCCC2)CCCCN1.Cl. The number of halogens is 1. The number of carbonyl (C=O) groups is 1. The zero-order valence-electron chi connectivity index (χ0n) is 10.1. The normalized spacial score (nSPS) is 30.8. The van der Waals surface area contributed by atoms with Crippen LogP contribution in [0.1, 0.15) is 51.9 Å². The minimum Gasteiger partial charge on any atom is -0.352 e. The van der Waals surface area contributed by atoms with Crippen LogP contribution in [0.15, 0.2) is 0 Å². The van der Waals surface area contributed by atoms with Crippen LogP contribution in [-0.4, -0.2) is 24.0 Å². The summed E-state index contributed by atoms with van der Waals surface area (Å²) < 4.78 is 0. The van der Waals surface area contributed by atoms with Crippen LogP contribution in [0.2, 0.25) is 0 Å². The molecule has 0 aromatic heterocycles. The lowest BCUT2D eigenvalue weighted by molar-refractivity contribution is -0.128. The van der Waals surface area contributed by atoms with Crippen molar-refractivity contribution in [2.45, 2.75) is 63.5 Å². The summed E-state index contributed by atoms with van der Waals surface area (Å²) in [5, 5.41) is 6.54. The number of amides is 1. The Kier molecular flexibility index (Phi) is 5.06. The summed E-state index contributed by atoms with van der Waals surface area (Å²) in [5.41, 5.74) is -0.305. The van der Waals surface area contributed by atoms with Gasteiger partial charge in [-0.25, -0.2) is 0 Å². The highest BCUT2D eigenvalue weighted by molar-refractivity contribution is 5.86. The molecule has 0 spiro atoms. The summed E-state index contributed by atoms with van der Waals surface area (Å²) in [4.78, 5) is 12.1.